The number of carbonyl (C=O) groups is 1. The summed E-state index contributed by atoms with van der Waals surface area (Å²) in [6.45, 7) is 5.08. The maximum absolute atomic E-state index is 12.4. The van der Waals surface area contributed by atoms with Crippen molar-refractivity contribution in [1.82, 2.24) is 24.5 Å². The Balaban J connectivity index is 1.71. The van der Waals surface area contributed by atoms with Gasteiger partial charge in [-0.3, -0.25) is 9.48 Å². The van der Waals surface area contributed by atoms with Crippen molar-refractivity contribution in [2.24, 2.45) is 7.05 Å². The number of thioether (sulfide) groups is 1. The van der Waals surface area contributed by atoms with Crippen molar-refractivity contribution in [2.75, 3.05) is 24.8 Å². The van der Waals surface area contributed by atoms with Crippen LogP contribution < -0.4 is 14.8 Å². The maximum Gasteiger partial charge on any atom is 0.243 e. The van der Waals surface area contributed by atoms with Gasteiger partial charge in [-0.2, -0.15) is 0 Å². The molecule has 3 rings (SSSR count). The van der Waals surface area contributed by atoms with Crippen LogP contribution >= 0.6 is 11.8 Å². The fraction of sp³-hybridized carbons (Fsp3) is 0.368. The molecule has 2 heterocycles. The van der Waals surface area contributed by atoms with E-state index in [4.69, 9.17) is 9.47 Å². The van der Waals surface area contributed by atoms with Gasteiger partial charge in [0.2, 0.25) is 11.8 Å². The minimum absolute atomic E-state index is 0.145. The summed E-state index contributed by atoms with van der Waals surface area (Å²) in [5.41, 5.74) is 1.41. The van der Waals surface area contributed by atoms with E-state index >= 15 is 0 Å². The molecule has 2 aromatic heterocycles. The number of para-hydroxylation sites is 2. The molecule has 0 spiro atoms. The van der Waals surface area contributed by atoms with Crippen molar-refractivity contribution in [1.29, 1.82) is 0 Å². The summed E-state index contributed by atoms with van der Waals surface area (Å²) < 4.78 is 14.5. The number of nitrogens with zero attached hydrogens (tertiary/aromatic N) is 5. The third kappa shape index (κ3) is 4.70. The highest BCUT2D eigenvalue weighted by Crippen LogP contribution is 2.30. The van der Waals surface area contributed by atoms with Crippen molar-refractivity contribution >= 4 is 23.4 Å². The molecule has 0 fully saturated rings. The third-order valence-electron chi connectivity index (χ3n) is 4.06. The minimum Gasteiger partial charge on any atom is -0.492 e. The molecule has 1 aromatic carbocycles. The molecule has 0 saturated heterocycles. The van der Waals surface area contributed by atoms with Gasteiger partial charge in [-0.05, 0) is 26.0 Å². The van der Waals surface area contributed by atoms with Crippen molar-refractivity contribution in [2.45, 2.75) is 25.5 Å². The van der Waals surface area contributed by atoms with E-state index in [2.05, 4.69) is 20.6 Å². The molecule has 0 atom stereocenters. The number of nitrogens with one attached hydrogen (secondary N) is 1. The Morgan fingerprint density at radius 3 is 2.76 bits per heavy atom. The maximum atomic E-state index is 12.4. The van der Waals surface area contributed by atoms with Gasteiger partial charge in [-0.25, -0.2) is 0 Å². The molecule has 29 heavy (non-hydrogen) atoms. The first-order valence-corrected chi connectivity index (χ1v) is 10.2. The van der Waals surface area contributed by atoms with Crippen LogP contribution in [0.1, 0.15) is 13.8 Å². The van der Waals surface area contributed by atoms with Crippen LogP contribution in [0, 0.1) is 0 Å². The van der Waals surface area contributed by atoms with Crippen LogP contribution in [0.15, 0.2) is 35.6 Å². The summed E-state index contributed by atoms with van der Waals surface area (Å²) >= 11 is 1.32. The molecule has 0 aliphatic rings. The van der Waals surface area contributed by atoms with Gasteiger partial charge in [-0.15, -0.1) is 15.3 Å². The number of rotatable bonds is 9. The lowest BCUT2D eigenvalue weighted by molar-refractivity contribution is -0.113. The second-order valence-electron chi connectivity index (χ2n) is 6.04. The Hall–Kier alpha value is -3.01. The molecule has 1 N–H and O–H groups in total. The average molecular weight is 417 g/mol. The Morgan fingerprint density at radius 2 is 2.03 bits per heavy atom. The van der Waals surface area contributed by atoms with Crippen LogP contribution in [0.2, 0.25) is 0 Å². The van der Waals surface area contributed by atoms with Crippen LogP contribution in [0.25, 0.3) is 11.4 Å². The average Bonchev–Trinajstić information content (AvgIpc) is 3.30. The first-order valence-electron chi connectivity index (χ1n) is 9.23. The lowest BCUT2D eigenvalue weighted by Gasteiger charge is -2.11. The summed E-state index contributed by atoms with van der Waals surface area (Å²) in [4.78, 5) is 12.4. The van der Waals surface area contributed by atoms with Gasteiger partial charge in [0.1, 0.15) is 11.3 Å². The first kappa shape index (κ1) is 20.7. The molecule has 9 nitrogen and oxygen atoms in total. The van der Waals surface area contributed by atoms with E-state index in [0.29, 0.717) is 41.4 Å². The van der Waals surface area contributed by atoms with Crippen LogP contribution in [0.3, 0.4) is 0 Å². The second kappa shape index (κ2) is 9.46. The fourth-order valence-corrected chi connectivity index (χ4v) is 3.62. The SMILES string of the molecule is CCOc1ccccc1NC(=O)CSc1nnc(-c2cn(C)nc2OC)n1CC. The molecule has 1 amide bonds. The van der Waals surface area contributed by atoms with Gasteiger partial charge in [0.05, 0.1) is 25.2 Å². The zero-order valence-electron chi connectivity index (χ0n) is 16.9. The van der Waals surface area contributed by atoms with E-state index in [0.717, 1.165) is 5.56 Å². The zero-order valence-corrected chi connectivity index (χ0v) is 17.7. The van der Waals surface area contributed by atoms with Crippen molar-refractivity contribution in [3.63, 3.8) is 0 Å². The van der Waals surface area contributed by atoms with Crippen LogP contribution in [0.4, 0.5) is 5.69 Å². The summed E-state index contributed by atoms with van der Waals surface area (Å²) in [7, 11) is 3.39. The van der Waals surface area contributed by atoms with Crippen molar-refractivity contribution in [3.8, 4) is 23.0 Å². The molecule has 0 radical (unpaired) electrons. The van der Waals surface area contributed by atoms with Crippen LogP contribution in [0.5, 0.6) is 11.6 Å². The van der Waals surface area contributed by atoms with Crippen LogP contribution in [-0.4, -0.2) is 49.9 Å². The van der Waals surface area contributed by atoms with E-state index in [1.54, 1.807) is 11.8 Å². The highest BCUT2D eigenvalue weighted by atomic mass is 32.2. The molecule has 0 saturated carbocycles. The number of aromatic nitrogens is 5. The summed E-state index contributed by atoms with van der Waals surface area (Å²) in [6.07, 6.45) is 1.83. The summed E-state index contributed by atoms with van der Waals surface area (Å²) in [5.74, 6) is 1.84. The topological polar surface area (TPSA) is 96.1 Å². The van der Waals surface area contributed by atoms with E-state index in [1.165, 1.54) is 11.8 Å². The summed E-state index contributed by atoms with van der Waals surface area (Å²) in [6, 6.07) is 7.36. The Labute approximate surface area is 173 Å². The predicted octanol–water partition coefficient (Wildman–Crippen LogP) is 2.84. The van der Waals surface area contributed by atoms with Gasteiger partial charge in [0.15, 0.2) is 11.0 Å². The molecule has 0 aliphatic heterocycles. The third-order valence-corrected chi connectivity index (χ3v) is 5.02. The Bertz CT molecular complexity index is 984. The van der Waals surface area contributed by atoms with Gasteiger partial charge < -0.3 is 19.4 Å². The number of hydrogen-bond donors (Lipinski definition) is 1. The number of aryl methyl sites for hydroxylation is 1. The number of ether oxygens (including phenoxy) is 2. The largest absolute Gasteiger partial charge is 0.492 e. The number of anilines is 1. The molecule has 10 heteroatoms. The van der Waals surface area contributed by atoms with Gasteiger partial charge in [0, 0.05) is 19.8 Å². The zero-order chi connectivity index (χ0) is 20.8. The Morgan fingerprint density at radius 1 is 1.24 bits per heavy atom. The lowest BCUT2D eigenvalue weighted by Crippen LogP contribution is -2.15. The van der Waals surface area contributed by atoms with Crippen molar-refractivity contribution in [3.05, 3.63) is 30.5 Å². The fourth-order valence-electron chi connectivity index (χ4n) is 2.82. The van der Waals surface area contributed by atoms with E-state index < -0.39 is 0 Å². The summed E-state index contributed by atoms with van der Waals surface area (Å²) in [5, 5.41) is 16.3. The van der Waals surface area contributed by atoms with Gasteiger partial charge in [-0.1, -0.05) is 23.9 Å². The normalized spacial score (nSPS) is 10.8. The number of benzene rings is 1. The smallest absolute Gasteiger partial charge is 0.243 e. The molecule has 3 aromatic rings. The Kier molecular flexibility index (Phi) is 6.76. The number of carbonyl (C=O) groups excluding carboxylic acids is 1. The number of methoxy groups -OCH3 is 1. The first-order chi connectivity index (χ1) is 14.1. The molecular weight excluding hydrogens is 392 g/mol. The van der Waals surface area contributed by atoms with Crippen LogP contribution in [-0.2, 0) is 18.4 Å². The highest BCUT2D eigenvalue weighted by molar-refractivity contribution is 7.99. The molecule has 0 aliphatic carbocycles. The highest BCUT2D eigenvalue weighted by Gasteiger charge is 2.20. The van der Waals surface area contributed by atoms with Gasteiger partial charge in [0.25, 0.3) is 0 Å². The number of hydrogen-bond acceptors (Lipinski definition) is 7. The molecule has 0 unspecified atom stereocenters. The van der Waals surface area contributed by atoms with Crippen molar-refractivity contribution < 1.29 is 14.3 Å². The van der Waals surface area contributed by atoms with E-state index in [-0.39, 0.29) is 11.7 Å². The van der Waals surface area contributed by atoms with Gasteiger partial charge >= 0.3 is 0 Å². The standard InChI is InChI=1S/C19H24N6O3S/c1-5-25-17(13-11-24(3)23-18(13)27-4)21-22-19(25)29-12-16(26)20-14-9-7-8-10-15(14)28-6-2/h7-11H,5-6,12H2,1-4H3,(H,20,26). The molecular formula is C19H24N6O3S. The predicted molar refractivity (Wildman–Crippen MR) is 111 cm³/mol. The quantitative estimate of drug-likeness (QED) is 0.536. The number of amides is 1. The van der Waals surface area contributed by atoms with E-state index in [1.807, 2.05) is 55.9 Å². The molecule has 0 bridgehead atoms. The van der Waals surface area contributed by atoms with E-state index in [9.17, 15) is 4.79 Å². The molecule has 154 valence electrons. The second-order valence-corrected chi connectivity index (χ2v) is 6.98. The lowest BCUT2D eigenvalue weighted by atomic mass is 10.3. The minimum atomic E-state index is -0.145. The monoisotopic (exact) mass is 416 g/mol.